The average Bonchev–Trinajstić information content (AvgIpc) is 2.48. The van der Waals surface area contributed by atoms with Gasteiger partial charge in [-0.2, -0.15) is 11.8 Å². The quantitative estimate of drug-likeness (QED) is 0.788. The van der Waals surface area contributed by atoms with Crippen molar-refractivity contribution in [2.75, 3.05) is 24.7 Å². The van der Waals surface area contributed by atoms with Crippen LogP contribution < -0.4 is 5.32 Å². The van der Waals surface area contributed by atoms with Crippen molar-refractivity contribution in [3.8, 4) is 0 Å². The van der Waals surface area contributed by atoms with E-state index < -0.39 is 0 Å². The molecule has 3 atom stereocenters. The van der Waals surface area contributed by atoms with E-state index in [2.05, 4.69) is 44.8 Å². The molecule has 0 aliphatic carbocycles. The highest BCUT2D eigenvalue weighted by Gasteiger charge is 2.42. The van der Waals surface area contributed by atoms with Crippen LogP contribution in [0.2, 0.25) is 0 Å². The van der Waals surface area contributed by atoms with E-state index >= 15 is 0 Å². The molecule has 2 saturated heterocycles. The molecule has 2 nitrogen and oxygen atoms in total. The summed E-state index contributed by atoms with van der Waals surface area (Å²) in [7, 11) is 0. The van der Waals surface area contributed by atoms with Crippen LogP contribution in [0.5, 0.6) is 0 Å². The summed E-state index contributed by atoms with van der Waals surface area (Å²) in [6.07, 6.45) is 6.29. The minimum atomic E-state index is 0.219. The Kier molecular flexibility index (Phi) is 6.89. The summed E-state index contributed by atoms with van der Waals surface area (Å²) in [5.74, 6) is 4.87. The highest BCUT2D eigenvalue weighted by molar-refractivity contribution is 7.99. The Morgan fingerprint density at radius 1 is 1.24 bits per heavy atom. The number of hydrogen-bond donors (Lipinski definition) is 1. The van der Waals surface area contributed by atoms with Gasteiger partial charge in [-0.15, -0.1) is 0 Å². The Balaban J connectivity index is 2.03. The fourth-order valence-electron chi connectivity index (χ4n) is 3.97. The highest BCUT2D eigenvalue weighted by atomic mass is 32.2. The first-order chi connectivity index (χ1) is 10.1. The number of ether oxygens (including phenoxy) is 1. The lowest BCUT2D eigenvalue weighted by Crippen LogP contribution is -2.51. The normalized spacial score (nSPS) is 28.7. The van der Waals surface area contributed by atoms with Crippen LogP contribution in [0, 0.1) is 17.8 Å². The molecule has 2 rings (SSSR count). The maximum atomic E-state index is 6.29. The lowest BCUT2D eigenvalue weighted by molar-refractivity contribution is -0.110. The number of hydrogen-bond acceptors (Lipinski definition) is 3. The number of rotatable bonds is 6. The third-order valence-electron chi connectivity index (χ3n) is 5.69. The molecule has 21 heavy (non-hydrogen) atoms. The summed E-state index contributed by atoms with van der Waals surface area (Å²) in [5, 5.41) is 3.88. The van der Waals surface area contributed by atoms with E-state index in [1.54, 1.807) is 0 Å². The van der Waals surface area contributed by atoms with Crippen molar-refractivity contribution in [3.05, 3.63) is 0 Å². The standard InChI is InChI=1S/C18H35NOS/c1-5-9-19-17(15(4)14(2)3)16-6-10-20-18(13-16)7-11-21-12-8-18/h14-17,19H,5-13H2,1-4H3. The molecule has 0 aromatic heterocycles. The van der Waals surface area contributed by atoms with E-state index in [1.165, 1.54) is 43.6 Å². The van der Waals surface area contributed by atoms with Crippen LogP contribution in [0.1, 0.15) is 59.8 Å². The molecule has 0 aromatic rings. The summed E-state index contributed by atoms with van der Waals surface area (Å²) >= 11 is 2.10. The van der Waals surface area contributed by atoms with E-state index in [9.17, 15) is 0 Å². The molecular weight excluding hydrogens is 278 g/mol. The maximum absolute atomic E-state index is 6.29. The average molecular weight is 314 g/mol. The number of thioether (sulfide) groups is 1. The first-order valence-electron chi connectivity index (χ1n) is 9.03. The topological polar surface area (TPSA) is 21.3 Å². The molecule has 2 fully saturated rings. The minimum Gasteiger partial charge on any atom is -0.375 e. The Labute approximate surface area is 136 Å². The van der Waals surface area contributed by atoms with Gasteiger partial charge >= 0.3 is 0 Å². The molecule has 2 heterocycles. The molecule has 3 heteroatoms. The summed E-state index contributed by atoms with van der Waals surface area (Å²) in [6.45, 7) is 11.6. The second kappa shape index (κ2) is 8.21. The van der Waals surface area contributed by atoms with Gasteiger partial charge in [-0.1, -0.05) is 27.7 Å². The summed E-state index contributed by atoms with van der Waals surface area (Å²) in [4.78, 5) is 0. The molecule has 124 valence electrons. The van der Waals surface area contributed by atoms with E-state index in [0.717, 1.165) is 30.9 Å². The molecule has 0 bridgehead atoms. The van der Waals surface area contributed by atoms with Crippen molar-refractivity contribution < 1.29 is 4.74 Å². The second-order valence-electron chi connectivity index (χ2n) is 7.48. The predicted molar refractivity (Wildman–Crippen MR) is 94.0 cm³/mol. The van der Waals surface area contributed by atoms with Crippen LogP contribution in [0.3, 0.4) is 0 Å². The highest BCUT2D eigenvalue weighted by Crippen LogP contribution is 2.42. The summed E-state index contributed by atoms with van der Waals surface area (Å²) < 4.78 is 6.29. The van der Waals surface area contributed by atoms with Gasteiger partial charge in [0.05, 0.1) is 5.60 Å². The van der Waals surface area contributed by atoms with Gasteiger partial charge in [-0.05, 0) is 67.9 Å². The zero-order chi connectivity index (χ0) is 15.3. The fraction of sp³-hybridized carbons (Fsp3) is 1.00. The van der Waals surface area contributed by atoms with Gasteiger partial charge in [0, 0.05) is 12.6 Å². The van der Waals surface area contributed by atoms with E-state index in [0.29, 0.717) is 6.04 Å². The van der Waals surface area contributed by atoms with Gasteiger partial charge in [-0.3, -0.25) is 0 Å². The SMILES string of the molecule is CCCNC(C1CCOC2(CCSCC2)C1)C(C)C(C)C. The van der Waals surface area contributed by atoms with Crippen LogP contribution in [-0.4, -0.2) is 36.3 Å². The Hall–Kier alpha value is 0.270. The zero-order valence-corrected chi connectivity index (χ0v) is 15.3. The van der Waals surface area contributed by atoms with E-state index in [-0.39, 0.29) is 5.60 Å². The van der Waals surface area contributed by atoms with Gasteiger partial charge < -0.3 is 10.1 Å². The van der Waals surface area contributed by atoms with Gasteiger partial charge in [-0.25, -0.2) is 0 Å². The van der Waals surface area contributed by atoms with Crippen LogP contribution >= 0.6 is 11.8 Å². The Bertz CT molecular complexity index is 296. The molecule has 1 N–H and O–H groups in total. The zero-order valence-electron chi connectivity index (χ0n) is 14.5. The first-order valence-corrected chi connectivity index (χ1v) is 10.2. The minimum absolute atomic E-state index is 0.219. The van der Waals surface area contributed by atoms with Gasteiger partial charge in [0.1, 0.15) is 0 Å². The Morgan fingerprint density at radius 2 is 1.95 bits per heavy atom. The number of nitrogens with one attached hydrogen (secondary N) is 1. The van der Waals surface area contributed by atoms with Crippen molar-refractivity contribution in [1.29, 1.82) is 0 Å². The third-order valence-corrected chi connectivity index (χ3v) is 6.68. The van der Waals surface area contributed by atoms with Gasteiger partial charge in [0.2, 0.25) is 0 Å². The molecule has 1 spiro atoms. The predicted octanol–water partition coefficient (Wildman–Crippen LogP) is 4.34. The van der Waals surface area contributed by atoms with Crippen molar-refractivity contribution in [2.24, 2.45) is 17.8 Å². The van der Waals surface area contributed by atoms with Crippen molar-refractivity contribution in [3.63, 3.8) is 0 Å². The van der Waals surface area contributed by atoms with Crippen LogP contribution in [0.25, 0.3) is 0 Å². The van der Waals surface area contributed by atoms with Crippen molar-refractivity contribution in [1.82, 2.24) is 5.32 Å². The molecule has 0 aromatic carbocycles. The molecular formula is C18H35NOS. The molecule has 2 aliphatic rings. The van der Waals surface area contributed by atoms with Gasteiger partial charge in [0.15, 0.2) is 0 Å². The van der Waals surface area contributed by atoms with Crippen LogP contribution in [0.15, 0.2) is 0 Å². The van der Waals surface area contributed by atoms with Crippen LogP contribution in [0.4, 0.5) is 0 Å². The largest absolute Gasteiger partial charge is 0.375 e. The maximum Gasteiger partial charge on any atom is 0.0701 e. The van der Waals surface area contributed by atoms with Crippen molar-refractivity contribution in [2.45, 2.75) is 71.4 Å². The molecule has 0 radical (unpaired) electrons. The molecule has 2 aliphatic heterocycles. The lowest BCUT2D eigenvalue weighted by Gasteiger charge is -2.47. The molecule has 0 saturated carbocycles. The Morgan fingerprint density at radius 3 is 2.57 bits per heavy atom. The summed E-state index contributed by atoms with van der Waals surface area (Å²) in [6, 6.07) is 0.667. The van der Waals surface area contributed by atoms with Crippen molar-refractivity contribution >= 4 is 11.8 Å². The van der Waals surface area contributed by atoms with Gasteiger partial charge in [0.25, 0.3) is 0 Å². The monoisotopic (exact) mass is 313 g/mol. The summed E-state index contributed by atoms with van der Waals surface area (Å²) in [5.41, 5.74) is 0.219. The molecule has 0 amide bonds. The molecule has 3 unspecified atom stereocenters. The van der Waals surface area contributed by atoms with E-state index in [1.807, 2.05) is 0 Å². The fourth-order valence-corrected chi connectivity index (χ4v) is 5.21. The smallest absolute Gasteiger partial charge is 0.0701 e. The first kappa shape index (κ1) is 17.6. The van der Waals surface area contributed by atoms with E-state index in [4.69, 9.17) is 4.74 Å². The third kappa shape index (κ3) is 4.62. The lowest BCUT2D eigenvalue weighted by atomic mass is 9.73. The van der Waals surface area contributed by atoms with Crippen LogP contribution in [-0.2, 0) is 4.74 Å². The second-order valence-corrected chi connectivity index (χ2v) is 8.70.